The molecule has 1 amide bonds. The summed E-state index contributed by atoms with van der Waals surface area (Å²) < 4.78 is 6.21. The van der Waals surface area contributed by atoms with E-state index in [4.69, 9.17) is 4.52 Å². The Morgan fingerprint density at radius 1 is 1.00 bits per heavy atom. The molecule has 4 aromatic rings. The molecule has 2 heterocycles. The summed E-state index contributed by atoms with van der Waals surface area (Å²) in [6.45, 7) is 0. The van der Waals surface area contributed by atoms with Crippen molar-refractivity contribution in [2.75, 3.05) is 5.32 Å². The van der Waals surface area contributed by atoms with E-state index in [1.165, 1.54) is 6.07 Å². The van der Waals surface area contributed by atoms with Crippen LogP contribution in [0.25, 0.3) is 22.4 Å². The Kier molecular flexibility index (Phi) is 5.40. The average molecular weight is 464 g/mol. The second-order valence-corrected chi connectivity index (χ2v) is 7.20. The van der Waals surface area contributed by atoms with Gasteiger partial charge in [-0.3, -0.25) is 15.1 Å². The fraction of sp³-hybridized carbons (Fsp3) is 0. The zero-order chi connectivity index (χ0) is 21.1. The molecule has 8 heteroatoms. The van der Waals surface area contributed by atoms with E-state index in [9.17, 15) is 14.7 Å². The molecule has 0 bridgehead atoms. The number of nitrogens with one attached hydrogen (secondary N) is 1. The molecule has 2 aromatic carbocycles. The first-order valence-electron chi connectivity index (χ1n) is 8.84. The van der Waals surface area contributed by atoms with Gasteiger partial charge in [0.1, 0.15) is 5.69 Å². The van der Waals surface area contributed by atoms with Gasteiger partial charge < -0.3 is 9.63 Å². The van der Waals surface area contributed by atoms with Crippen LogP contribution in [0.5, 0.6) is 0 Å². The Labute approximate surface area is 179 Å². The van der Waals surface area contributed by atoms with Crippen LogP contribution < -0.4 is 5.32 Å². The third-order valence-electron chi connectivity index (χ3n) is 4.39. The summed E-state index contributed by atoms with van der Waals surface area (Å²) in [7, 11) is 0. The second kappa shape index (κ2) is 8.30. The summed E-state index contributed by atoms with van der Waals surface area (Å²) in [4.78, 5) is 28.6. The highest BCUT2D eigenvalue weighted by Crippen LogP contribution is 2.39. The summed E-state index contributed by atoms with van der Waals surface area (Å²) in [5.41, 5.74) is 2.30. The van der Waals surface area contributed by atoms with Crippen molar-refractivity contribution in [3.63, 3.8) is 0 Å². The molecule has 0 aliphatic rings. The summed E-state index contributed by atoms with van der Waals surface area (Å²) in [6.07, 6.45) is 3.19. The van der Waals surface area contributed by atoms with Gasteiger partial charge in [0, 0.05) is 33.6 Å². The van der Waals surface area contributed by atoms with Crippen LogP contribution in [-0.2, 0) is 0 Å². The van der Waals surface area contributed by atoms with Crippen molar-refractivity contribution in [1.82, 2.24) is 10.1 Å². The maximum atomic E-state index is 12.8. The molecule has 0 saturated carbocycles. The molecule has 0 aliphatic heterocycles. The SMILES string of the molecule is O=C(Nc1onc(-c2ccncc2)c1-c1ccccc1C(=O)O)c1cccc(Br)c1. The molecule has 7 nitrogen and oxygen atoms in total. The third kappa shape index (κ3) is 3.85. The van der Waals surface area contributed by atoms with Gasteiger partial charge in [0.05, 0.1) is 11.1 Å². The number of rotatable bonds is 5. The number of carboxylic acid groups (broad SMARTS) is 1. The van der Waals surface area contributed by atoms with E-state index >= 15 is 0 Å². The van der Waals surface area contributed by atoms with Crippen molar-refractivity contribution in [1.29, 1.82) is 0 Å². The van der Waals surface area contributed by atoms with E-state index in [0.29, 0.717) is 27.9 Å². The first kappa shape index (κ1) is 19.5. The predicted molar refractivity (Wildman–Crippen MR) is 114 cm³/mol. The normalized spacial score (nSPS) is 10.6. The Morgan fingerprint density at radius 3 is 2.50 bits per heavy atom. The molecule has 2 aromatic heterocycles. The van der Waals surface area contributed by atoms with Gasteiger partial charge in [0.25, 0.3) is 5.91 Å². The lowest BCUT2D eigenvalue weighted by Gasteiger charge is -2.09. The highest BCUT2D eigenvalue weighted by Gasteiger charge is 2.25. The minimum Gasteiger partial charge on any atom is -0.478 e. The Morgan fingerprint density at radius 2 is 1.77 bits per heavy atom. The molecule has 148 valence electrons. The molecule has 0 aliphatic carbocycles. The number of carboxylic acids is 1. The van der Waals surface area contributed by atoms with E-state index in [1.54, 1.807) is 67.0 Å². The maximum Gasteiger partial charge on any atom is 0.336 e. The van der Waals surface area contributed by atoms with Crippen LogP contribution in [0.1, 0.15) is 20.7 Å². The standard InChI is InChI=1S/C22H14BrN3O4/c23-15-5-3-4-14(12-15)20(27)25-21-18(16-6-1-2-7-17(16)22(28)29)19(26-30-21)13-8-10-24-11-9-13/h1-12H,(H,25,27)(H,28,29). The number of pyridine rings is 1. The molecule has 0 atom stereocenters. The Hall–Kier alpha value is -3.78. The summed E-state index contributed by atoms with van der Waals surface area (Å²) in [5, 5.41) is 16.5. The smallest absolute Gasteiger partial charge is 0.336 e. The van der Waals surface area contributed by atoms with Crippen LogP contribution in [-0.4, -0.2) is 27.1 Å². The van der Waals surface area contributed by atoms with E-state index in [2.05, 4.69) is 31.4 Å². The number of aromatic nitrogens is 2. The number of nitrogens with zero attached hydrogens (tertiary/aromatic N) is 2. The largest absolute Gasteiger partial charge is 0.478 e. The lowest BCUT2D eigenvalue weighted by Crippen LogP contribution is -2.12. The lowest BCUT2D eigenvalue weighted by molar-refractivity contribution is 0.0697. The van der Waals surface area contributed by atoms with Crippen LogP contribution >= 0.6 is 15.9 Å². The molecule has 2 N–H and O–H groups in total. The monoisotopic (exact) mass is 463 g/mol. The zero-order valence-corrected chi connectivity index (χ0v) is 17.0. The van der Waals surface area contributed by atoms with Gasteiger partial charge in [-0.05, 0) is 36.4 Å². The molecular weight excluding hydrogens is 450 g/mol. The summed E-state index contributed by atoms with van der Waals surface area (Å²) >= 11 is 3.34. The van der Waals surface area contributed by atoms with Crippen molar-refractivity contribution in [2.24, 2.45) is 0 Å². The van der Waals surface area contributed by atoms with Crippen LogP contribution in [0.2, 0.25) is 0 Å². The number of hydrogen-bond donors (Lipinski definition) is 2. The fourth-order valence-electron chi connectivity index (χ4n) is 3.02. The highest BCUT2D eigenvalue weighted by atomic mass is 79.9. The summed E-state index contributed by atoms with van der Waals surface area (Å²) in [5.74, 6) is -1.46. The number of hydrogen-bond acceptors (Lipinski definition) is 5. The third-order valence-corrected chi connectivity index (χ3v) is 4.88. The first-order valence-corrected chi connectivity index (χ1v) is 9.63. The molecule has 0 unspecified atom stereocenters. The maximum absolute atomic E-state index is 12.8. The van der Waals surface area contributed by atoms with Crippen LogP contribution in [0.4, 0.5) is 5.88 Å². The van der Waals surface area contributed by atoms with Crippen LogP contribution in [0.15, 0.2) is 82.1 Å². The van der Waals surface area contributed by atoms with Crippen molar-refractivity contribution in [3.8, 4) is 22.4 Å². The van der Waals surface area contributed by atoms with Gasteiger partial charge in [-0.2, -0.15) is 0 Å². The number of anilines is 1. The molecule has 30 heavy (non-hydrogen) atoms. The Balaban J connectivity index is 1.85. The quantitative estimate of drug-likeness (QED) is 0.425. The van der Waals surface area contributed by atoms with Gasteiger partial charge in [0.15, 0.2) is 0 Å². The zero-order valence-electron chi connectivity index (χ0n) is 15.4. The number of amides is 1. The van der Waals surface area contributed by atoms with E-state index in [-0.39, 0.29) is 11.4 Å². The number of halogens is 1. The summed E-state index contributed by atoms with van der Waals surface area (Å²) in [6, 6.07) is 16.8. The van der Waals surface area contributed by atoms with Crippen molar-refractivity contribution >= 4 is 33.7 Å². The minimum absolute atomic E-state index is 0.0560. The molecule has 0 radical (unpaired) electrons. The fourth-order valence-corrected chi connectivity index (χ4v) is 3.42. The lowest BCUT2D eigenvalue weighted by atomic mass is 9.97. The number of benzene rings is 2. The van der Waals surface area contributed by atoms with Gasteiger partial charge in [0.2, 0.25) is 5.88 Å². The predicted octanol–water partition coefficient (Wildman–Crippen LogP) is 5.12. The molecule has 0 spiro atoms. The van der Waals surface area contributed by atoms with Gasteiger partial charge >= 0.3 is 5.97 Å². The van der Waals surface area contributed by atoms with Gasteiger partial charge in [-0.15, -0.1) is 0 Å². The number of aromatic carboxylic acids is 1. The average Bonchev–Trinajstić information content (AvgIpc) is 3.17. The topological polar surface area (TPSA) is 105 Å². The minimum atomic E-state index is -1.10. The van der Waals surface area contributed by atoms with Crippen molar-refractivity contribution < 1.29 is 19.2 Å². The number of carbonyl (C=O) groups is 2. The molecular formula is C22H14BrN3O4. The van der Waals surface area contributed by atoms with Gasteiger partial charge in [-0.25, -0.2) is 4.79 Å². The van der Waals surface area contributed by atoms with Gasteiger partial charge in [-0.1, -0.05) is 45.4 Å². The van der Waals surface area contributed by atoms with E-state index in [0.717, 1.165) is 4.47 Å². The molecule has 4 rings (SSSR count). The Bertz CT molecular complexity index is 1240. The van der Waals surface area contributed by atoms with Crippen LogP contribution in [0, 0.1) is 0 Å². The van der Waals surface area contributed by atoms with Crippen molar-refractivity contribution in [2.45, 2.75) is 0 Å². The van der Waals surface area contributed by atoms with E-state index < -0.39 is 11.9 Å². The second-order valence-electron chi connectivity index (χ2n) is 6.29. The first-order chi connectivity index (χ1) is 14.5. The molecule has 0 fully saturated rings. The van der Waals surface area contributed by atoms with Crippen LogP contribution in [0.3, 0.4) is 0 Å². The van der Waals surface area contributed by atoms with Crippen molar-refractivity contribution in [3.05, 3.63) is 88.7 Å². The highest BCUT2D eigenvalue weighted by molar-refractivity contribution is 9.10. The van der Waals surface area contributed by atoms with E-state index in [1.807, 2.05) is 0 Å². The number of carbonyl (C=O) groups excluding carboxylic acids is 1. The molecule has 0 saturated heterocycles.